The van der Waals surface area contributed by atoms with Gasteiger partial charge >= 0.3 is 0 Å². The molecule has 0 bridgehead atoms. The second-order valence-corrected chi connectivity index (χ2v) is 4.80. The van der Waals surface area contributed by atoms with Crippen LogP contribution in [0.1, 0.15) is 23.2 Å². The fraction of sp³-hybridized carbons (Fsp3) is 0.545. The largest absolute Gasteiger partial charge is 0.457 e. The van der Waals surface area contributed by atoms with Crippen molar-refractivity contribution in [3.05, 3.63) is 22.6 Å². The van der Waals surface area contributed by atoms with E-state index in [0.29, 0.717) is 16.3 Å². The number of likely N-dealkylation sites (N-methyl/N-ethyl adjacent to an activating group) is 1. The molecule has 0 spiro atoms. The Bertz CT molecular complexity index is 383. The first-order valence-corrected chi connectivity index (χ1v) is 6.20. The molecule has 1 saturated heterocycles. The number of nitrogens with one attached hydrogen (secondary N) is 1. The molecule has 6 heteroatoms. The molecule has 1 atom stereocenters. The van der Waals surface area contributed by atoms with Crippen LogP contribution in [-0.4, -0.2) is 37.0 Å². The Labute approximate surface area is 115 Å². The minimum Gasteiger partial charge on any atom is -0.457 e. The summed E-state index contributed by atoms with van der Waals surface area (Å²) in [5.41, 5.74) is 0.614. The molecule has 0 radical (unpaired) electrons. The van der Waals surface area contributed by atoms with Crippen molar-refractivity contribution in [3.63, 3.8) is 0 Å². The van der Waals surface area contributed by atoms with Crippen molar-refractivity contribution in [3.8, 4) is 0 Å². The van der Waals surface area contributed by atoms with Crippen LogP contribution >= 0.6 is 28.3 Å². The lowest BCUT2D eigenvalue weighted by molar-refractivity contribution is 0.0697. The fourth-order valence-electron chi connectivity index (χ4n) is 2.00. The standard InChI is InChI=1S/C11H15BrN2O2.ClH/c1-13-9-3-2-4-14(6-9)11(15)8-5-10(12)16-7-8;/h5,7,9,13H,2-4,6H2,1H3;1H. The quantitative estimate of drug-likeness (QED) is 0.908. The van der Waals surface area contributed by atoms with Crippen LogP contribution in [0.25, 0.3) is 0 Å². The third-order valence-corrected chi connectivity index (χ3v) is 3.35. The zero-order valence-corrected chi connectivity index (χ0v) is 12.0. The number of carbonyl (C=O) groups excluding carboxylic acids is 1. The molecular weight excluding hydrogens is 307 g/mol. The number of furan rings is 1. The van der Waals surface area contributed by atoms with E-state index in [1.54, 1.807) is 6.07 Å². The predicted octanol–water partition coefficient (Wildman–Crippen LogP) is 2.29. The van der Waals surface area contributed by atoms with Gasteiger partial charge in [-0.1, -0.05) is 0 Å². The van der Waals surface area contributed by atoms with Gasteiger partial charge in [0, 0.05) is 25.2 Å². The number of halogens is 2. The zero-order valence-electron chi connectivity index (χ0n) is 9.61. The summed E-state index contributed by atoms with van der Waals surface area (Å²) >= 11 is 3.20. The van der Waals surface area contributed by atoms with Crippen molar-refractivity contribution >= 4 is 34.2 Å². The average Bonchev–Trinajstić information content (AvgIpc) is 2.75. The number of hydrogen-bond donors (Lipinski definition) is 1. The molecule has 96 valence electrons. The molecule has 1 aromatic heterocycles. The maximum Gasteiger partial charge on any atom is 0.257 e. The van der Waals surface area contributed by atoms with E-state index >= 15 is 0 Å². The molecule has 0 aromatic carbocycles. The Morgan fingerprint density at radius 2 is 2.41 bits per heavy atom. The average molecular weight is 324 g/mol. The zero-order chi connectivity index (χ0) is 11.5. The highest BCUT2D eigenvalue weighted by Gasteiger charge is 2.24. The number of rotatable bonds is 2. The van der Waals surface area contributed by atoms with Gasteiger partial charge in [-0.15, -0.1) is 12.4 Å². The molecule has 2 rings (SSSR count). The summed E-state index contributed by atoms with van der Waals surface area (Å²) in [4.78, 5) is 14.0. The normalized spacial score (nSPS) is 19.9. The summed E-state index contributed by atoms with van der Waals surface area (Å²) in [7, 11) is 1.94. The summed E-state index contributed by atoms with van der Waals surface area (Å²) in [6, 6.07) is 2.12. The van der Waals surface area contributed by atoms with Gasteiger partial charge in [0.05, 0.1) is 5.56 Å². The smallest absolute Gasteiger partial charge is 0.257 e. The van der Waals surface area contributed by atoms with Gasteiger partial charge in [-0.05, 0) is 35.8 Å². The molecule has 1 aliphatic rings. The van der Waals surface area contributed by atoms with Gasteiger partial charge in [0.1, 0.15) is 6.26 Å². The summed E-state index contributed by atoms with van der Waals surface area (Å²) in [5, 5.41) is 3.22. The van der Waals surface area contributed by atoms with Crippen LogP contribution in [0.5, 0.6) is 0 Å². The topological polar surface area (TPSA) is 45.5 Å². The number of amides is 1. The summed E-state index contributed by atoms with van der Waals surface area (Å²) in [6.45, 7) is 1.61. The second kappa shape index (κ2) is 6.42. The Morgan fingerprint density at radius 3 is 3.00 bits per heavy atom. The van der Waals surface area contributed by atoms with Crippen molar-refractivity contribution < 1.29 is 9.21 Å². The number of carbonyl (C=O) groups is 1. The minimum atomic E-state index is 0. The second-order valence-electron chi connectivity index (χ2n) is 4.02. The molecule has 1 N–H and O–H groups in total. The van der Waals surface area contributed by atoms with Crippen LogP contribution in [0.4, 0.5) is 0 Å². The summed E-state index contributed by atoms with van der Waals surface area (Å²) in [6.07, 6.45) is 3.68. The summed E-state index contributed by atoms with van der Waals surface area (Å²) in [5.74, 6) is 0.0504. The Morgan fingerprint density at radius 1 is 1.65 bits per heavy atom. The number of piperidine rings is 1. The van der Waals surface area contributed by atoms with Crippen molar-refractivity contribution in [1.29, 1.82) is 0 Å². The monoisotopic (exact) mass is 322 g/mol. The highest BCUT2D eigenvalue weighted by Crippen LogP contribution is 2.18. The molecule has 1 amide bonds. The first-order chi connectivity index (χ1) is 7.70. The first kappa shape index (κ1) is 14.5. The molecule has 4 nitrogen and oxygen atoms in total. The molecular formula is C11H16BrClN2O2. The SMILES string of the molecule is CNC1CCCN(C(=O)c2coc(Br)c2)C1.Cl. The number of hydrogen-bond acceptors (Lipinski definition) is 3. The van der Waals surface area contributed by atoms with Crippen molar-refractivity contribution in [1.82, 2.24) is 10.2 Å². The van der Waals surface area contributed by atoms with E-state index in [1.165, 1.54) is 6.26 Å². The van der Waals surface area contributed by atoms with Gasteiger partial charge in [-0.3, -0.25) is 4.79 Å². The van der Waals surface area contributed by atoms with E-state index < -0.39 is 0 Å². The van der Waals surface area contributed by atoms with Gasteiger partial charge in [0.25, 0.3) is 5.91 Å². The van der Waals surface area contributed by atoms with Crippen LogP contribution < -0.4 is 5.32 Å². The van der Waals surface area contributed by atoms with Crippen molar-refractivity contribution in [2.75, 3.05) is 20.1 Å². The van der Waals surface area contributed by atoms with E-state index in [1.807, 2.05) is 11.9 Å². The highest BCUT2D eigenvalue weighted by molar-refractivity contribution is 9.10. The summed E-state index contributed by atoms with van der Waals surface area (Å²) < 4.78 is 5.68. The van der Waals surface area contributed by atoms with Gasteiger partial charge in [-0.25, -0.2) is 0 Å². The van der Waals surface area contributed by atoms with E-state index in [2.05, 4.69) is 21.2 Å². The van der Waals surface area contributed by atoms with Crippen molar-refractivity contribution in [2.24, 2.45) is 0 Å². The maximum absolute atomic E-state index is 12.1. The predicted molar refractivity (Wildman–Crippen MR) is 71.6 cm³/mol. The Hall–Kier alpha value is -0.520. The number of nitrogens with zero attached hydrogens (tertiary/aromatic N) is 1. The van der Waals surface area contributed by atoms with Crippen LogP contribution in [0.3, 0.4) is 0 Å². The number of likely N-dealkylation sites (tertiary alicyclic amines) is 1. The first-order valence-electron chi connectivity index (χ1n) is 5.41. The molecule has 2 heterocycles. The molecule has 1 aromatic rings. The third-order valence-electron chi connectivity index (χ3n) is 2.93. The van der Waals surface area contributed by atoms with Gasteiger partial charge < -0.3 is 14.6 Å². The van der Waals surface area contributed by atoms with Gasteiger partial charge in [-0.2, -0.15) is 0 Å². The van der Waals surface area contributed by atoms with Gasteiger partial charge in [0.2, 0.25) is 0 Å². The van der Waals surface area contributed by atoms with Crippen LogP contribution in [0, 0.1) is 0 Å². The molecule has 0 aliphatic carbocycles. The lowest BCUT2D eigenvalue weighted by Crippen LogP contribution is -2.46. The molecule has 1 fully saturated rings. The van der Waals surface area contributed by atoms with Crippen LogP contribution in [-0.2, 0) is 0 Å². The van der Waals surface area contributed by atoms with E-state index in [4.69, 9.17) is 4.42 Å². The molecule has 0 saturated carbocycles. The lowest BCUT2D eigenvalue weighted by atomic mass is 10.1. The van der Waals surface area contributed by atoms with E-state index in [-0.39, 0.29) is 18.3 Å². The van der Waals surface area contributed by atoms with E-state index in [9.17, 15) is 4.79 Å². The third kappa shape index (κ3) is 3.47. The van der Waals surface area contributed by atoms with E-state index in [0.717, 1.165) is 25.9 Å². The van der Waals surface area contributed by atoms with Gasteiger partial charge in [0.15, 0.2) is 4.67 Å². The molecule has 1 unspecified atom stereocenters. The molecule has 1 aliphatic heterocycles. The van der Waals surface area contributed by atoms with Crippen LogP contribution in [0.15, 0.2) is 21.4 Å². The fourth-order valence-corrected chi connectivity index (χ4v) is 2.34. The minimum absolute atomic E-state index is 0. The maximum atomic E-state index is 12.1. The molecule has 17 heavy (non-hydrogen) atoms. The lowest BCUT2D eigenvalue weighted by Gasteiger charge is -2.32. The Balaban J connectivity index is 0.00000144. The highest BCUT2D eigenvalue weighted by atomic mass is 79.9. The van der Waals surface area contributed by atoms with Crippen LogP contribution in [0.2, 0.25) is 0 Å². The Kier molecular flexibility index (Phi) is 5.49. The van der Waals surface area contributed by atoms with Crippen molar-refractivity contribution in [2.45, 2.75) is 18.9 Å².